The highest BCUT2D eigenvalue weighted by molar-refractivity contribution is 7.14. The molecule has 3 rings (SSSR count). The second-order valence-electron chi connectivity index (χ2n) is 6.26. The van der Waals surface area contributed by atoms with Gasteiger partial charge in [0.2, 0.25) is 5.91 Å². The minimum atomic E-state index is -0.139. The molecular formula is C21H22N2O3S. The molecule has 0 aliphatic carbocycles. The van der Waals surface area contributed by atoms with Crippen LogP contribution in [0.25, 0.3) is 11.3 Å². The van der Waals surface area contributed by atoms with Gasteiger partial charge in [-0.1, -0.05) is 29.8 Å². The quantitative estimate of drug-likeness (QED) is 0.675. The van der Waals surface area contributed by atoms with Crippen LogP contribution in [0.5, 0.6) is 11.5 Å². The SMILES string of the molecule is COc1ccc(CC(=O)Nc2nc(-c3ccc(C)cc3C)cs2)c(OC)c1. The summed E-state index contributed by atoms with van der Waals surface area (Å²) in [5.74, 6) is 1.17. The van der Waals surface area contributed by atoms with Gasteiger partial charge in [0, 0.05) is 22.6 Å². The molecule has 5 nitrogen and oxygen atoms in total. The Kier molecular flexibility index (Phi) is 5.76. The van der Waals surface area contributed by atoms with Gasteiger partial charge >= 0.3 is 0 Å². The van der Waals surface area contributed by atoms with Crippen LogP contribution in [0, 0.1) is 13.8 Å². The highest BCUT2D eigenvalue weighted by Crippen LogP contribution is 2.29. The first-order valence-corrected chi connectivity index (χ1v) is 9.42. The largest absolute Gasteiger partial charge is 0.497 e. The number of carbonyl (C=O) groups is 1. The number of hydrogen-bond donors (Lipinski definition) is 1. The Morgan fingerprint density at radius 2 is 1.93 bits per heavy atom. The number of rotatable bonds is 6. The van der Waals surface area contributed by atoms with Crippen molar-refractivity contribution in [2.45, 2.75) is 20.3 Å². The second-order valence-corrected chi connectivity index (χ2v) is 7.12. The van der Waals surface area contributed by atoms with Crippen LogP contribution >= 0.6 is 11.3 Å². The average Bonchev–Trinajstić information content (AvgIpc) is 3.09. The van der Waals surface area contributed by atoms with E-state index in [-0.39, 0.29) is 12.3 Å². The van der Waals surface area contributed by atoms with E-state index in [1.807, 2.05) is 17.5 Å². The van der Waals surface area contributed by atoms with Crippen molar-refractivity contribution < 1.29 is 14.3 Å². The number of carbonyl (C=O) groups excluding carboxylic acids is 1. The summed E-state index contributed by atoms with van der Waals surface area (Å²) >= 11 is 1.42. The molecule has 0 aliphatic heterocycles. The second kappa shape index (κ2) is 8.22. The van der Waals surface area contributed by atoms with E-state index < -0.39 is 0 Å². The first-order chi connectivity index (χ1) is 13.0. The van der Waals surface area contributed by atoms with Gasteiger partial charge in [-0.15, -0.1) is 11.3 Å². The van der Waals surface area contributed by atoms with Crippen molar-refractivity contribution in [3.63, 3.8) is 0 Å². The number of anilines is 1. The van der Waals surface area contributed by atoms with Crippen LogP contribution in [0.15, 0.2) is 41.8 Å². The maximum atomic E-state index is 12.4. The van der Waals surface area contributed by atoms with Crippen LogP contribution in [-0.4, -0.2) is 25.1 Å². The summed E-state index contributed by atoms with van der Waals surface area (Å²) in [5.41, 5.74) is 5.13. The van der Waals surface area contributed by atoms with Crippen molar-refractivity contribution in [2.75, 3.05) is 19.5 Å². The van der Waals surface area contributed by atoms with Gasteiger partial charge in [0.1, 0.15) is 11.5 Å². The Bertz CT molecular complexity index is 966. The molecule has 3 aromatic rings. The number of aryl methyl sites for hydroxylation is 2. The number of benzene rings is 2. The molecule has 0 aliphatic rings. The number of ether oxygens (including phenoxy) is 2. The lowest BCUT2D eigenvalue weighted by molar-refractivity contribution is -0.115. The molecule has 0 spiro atoms. The zero-order valence-corrected chi connectivity index (χ0v) is 16.6. The first kappa shape index (κ1) is 18.9. The third-order valence-corrected chi connectivity index (χ3v) is 5.01. The lowest BCUT2D eigenvalue weighted by Crippen LogP contribution is -2.14. The predicted octanol–water partition coefficient (Wildman–Crippen LogP) is 4.63. The van der Waals surface area contributed by atoms with Crippen molar-refractivity contribution in [1.29, 1.82) is 0 Å². The summed E-state index contributed by atoms with van der Waals surface area (Å²) in [4.78, 5) is 17.0. The third-order valence-electron chi connectivity index (χ3n) is 4.25. The Balaban J connectivity index is 1.71. The van der Waals surface area contributed by atoms with Crippen LogP contribution in [0.1, 0.15) is 16.7 Å². The Hall–Kier alpha value is -2.86. The summed E-state index contributed by atoms with van der Waals surface area (Å²) in [5, 5.41) is 5.42. The summed E-state index contributed by atoms with van der Waals surface area (Å²) < 4.78 is 10.5. The molecule has 1 heterocycles. The highest BCUT2D eigenvalue weighted by atomic mass is 32.1. The van der Waals surface area contributed by atoms with E-state index >= 15 is 0 Å². The molecule has 0 saturated carbocycles. The molecule has 0 fully saturated rings. The topological polar surface area (TPSA) is 60.5 Å². The zero-order chi connectivity index (χ0) is 19.4. The molecule has 1 N–H and O–H groups in total. The van der Waals surface area contributed by atoms with Gasteiger partial charge in [-0.05, 0) is 25.5 Å². The minimum Gasteiger partial charge on any atom is -0.497 e. The molecule has 2 aromatic carbocycles. The number of amides is 1. The van der Waals surface area contributed by atoms with Crippen LogP contribution in [-0.2, 0) is 11.2 Å². The Labute approximate surface area is 163 Å². The maximum absolute atomic E-state index is 12.4. The van der Waals surface area contributed by atoms with Gasteiger partial charge in [-0.3, -0.25) is 4.79 Å². The van der Waals surface area contributed by atoms with Gasteiger partial charge in [0.25, 0.3) is 0 Å². The highest BCUT2D eigenvalue weighted by Gasteiger charge is 2.13. The van der Waals surface area contributed by atoms with E-state index in [2.05, 4.69) is 42.3 Å². The summed E-state index contributed by atoms with van der Waals surface area (Å²) in [6.45, 7) is 4.13. The zero-order valence-electron chi connectivity index (χ0n) is 15.8. The smallest absolute Gasteiger partial charge is 0.230 e. The summed E-state index contributed by atoms with van der Waals surface area (Å²) in [7, 11) is 3.17. The molecule has 140 valence electrons. The van der Waals surface area contributed by atoms with Gasteiger partial charge < -0.3 is 14.8 Å². The molecule has 27 heavy (non-hydrogen) atoms. The lowest BCUT2D eigenvalue weighted by Gasteiger charge is -2.10. The molecule has 0 bridgehead atoms. The van der Waals surface area contributed by atoms with Gasteiger partial charge in [0.15, 0.2) is 5.13 Å². The molecule has 6 heteroatoms. The van der Waals surface area contributed by atoms with Crippen molar-refractivity contribution in [3.8, 4) is 22.8 Å². The van der Waals surface area contributed by atoms with Gasteiger partial charge in [0.05, 0.1) is 26.3 Å². The first-order valence-electron chi connectivity index (χ1n) is 8.54. The fraction of sp³-hybridized carbons (Fsp3) is 0.238. The van der Waals surface area contributed by atoms with Crippen LogP contribution in [0.2, 0.25) is 0 Å². The van der Waals surface area contributed by atoms with Crippen LogP contribution < -0.4 is 14.8 Å². The Morgan fingerprint density at radius 3 is 2.63 bits per heavy atom. The van der Waals surface area contributed by atoms with Crippen LogP contribution in [0.3, 0.4) is 0 Å². The van der Waals surface area contributed by atoms with Crippen molar-refractivity contribution >= 4 is 22.4 Å². The standard InChI is InChI=1S/C21H22N2O3S/c1-13-5-8-17(14(2)9-13)18-12-27-21(22-18)23-20(24)10-15-6-7-16(25-3)11-19(15)26-4/h5-9,11-12H,10H2,1-4H3,(H,22,23,24). The predicted molar refractivity (Wildman–Crippen MR) is 109 cm³/mol. The fourth-order valence-electron chi connectivity index (χ4n) is 2.89. The van der Waals surface area contributed by atoms with Gasteiger partial charge in [-0.25, -0.2) is 4.98 Å². The van der Waals surface area contributed by atoms with Crippen LogP contribution in [0.4, 0.5) is 5.13 Å². The fourth-order valence-corrected chi connectivity index (χ4v) is 3.62. The lowest BCUT2D eigenvalue weighted by atomic mass is 10.0. The maximum Gasteiger partial charge on any atom is 0.230 e. The van der Waals surface area contributed by atoms with E-state index in [0.717, 1.165) is 16.8 Å². The number of aromatic nitrogens is 1. The molecule has 1 aromatic heterocycles. The molecule has 0 saturated heterocycles. The van der Waals surface area contributed by atoms with E-state index in [0.29, 0.717) is 16.6 Å². The van der Waals surface area contributed by atoms with Gasteiger partial charge in [-0.2, -0.15) is 0 Å². The number of nitrogens with one attached hydrogen (secondary N) is 1. The minimum absolute atomic E-state index is 0.139. The van der Waals surface area contributed by atoms with Crippen molar-refractivity contribution in [1.82, 2.24) is 4.98 Å². The van der Waals surface area contributed by atoms with E-state index in [1.165, 1.54) is 22.5 Å². The molecular weight excluding hydrogens is 360 g/mol. The molecule has 1 amide bonds. The average molecular weight is 382 g/mol. The normalized spacial score (nSPS) is 10.5. The molecule has 0 radical (unpaired) electrons. The monoisotopic (exact) mass is 382 g/mol. The summed E-state index contributed by atoms with van der Waals surface area (Å²) in [6, 6.07) is 11.7. The number of nitrogens with zero attached hydrogens (tertiary/aromatic N) is 1. The number of hydrogen-bond acceptors (Lipinski definition) is 5. The molecule has 0 atom stereocenters. The molecule has 0 unspecified atom stereocenters. The van der Waals surface area contributed by atoms with E-state index in [1.54, 1.807) is 20.3 Å². The number of thiazole rings is 1. The van der Waals surface area contributed by atoms with Crippen molar-refractivity contribution in [3.05, 3.63) is 58.5 Å². The van der Waals surface area contributed by atoms with E-state index in [9.17, 15) is 4.79 Å². The summed E-state index contributed by atoms with van der Waals surface area (Å²) in [6.07, 6.45) is 0.200. The van der Waals surface area contributed by atoms with E-state index in [4.69, 9.17) is 9.47 Å². The number of methoxy groups -OCH3 is 2. The Morgan fingerprint density at radius 1 is 1.11 bits per heavy atom. The van der Waals surface area contributed by atoms with Crippen molar-refractivity contribution in [2.24, 2.45) is 0 Å². The third kappa shape index (κ3) is 4.46.